The van der Waals surface area contributed by atoms with Gasteiger partial charge in [0, 0.05) is 61.5 Å². The maximum absolute atomic E-state index is 15.2. The number of carbonyl (C=O) groups is 6. The van der Waals surface area contributed by atoms with Gasteiger partial charge in [0.25, 0.3) is 11.7 Å². The molecule has 0 fully saturated rings. The Bertz CT molecular complexity index is 2560. The number of allylic oxidation sites excluding steroid dienone is 4. The minimum Gasteiger partial charge on any atom is -0.462 e. The number of nitrogens with one attached hydrogen (secondary N) is 2. The Morgan fingerprint density at radius 2 is 1.48 bits per heavy atom. The lowest BCUT2D eigenvalue weighted by Gasteiger charge is -2.38. The normalized spacial score (nSPS) is 28.9. The van der Waals surface area contributed by atoms with Crippen molar-refractivity contribution in [1.82, 2.24) is 5.32 Å². The topological polar surface area (TPSA) is 213 Å². The molecule has 15 heteroatoms. The van der Waals surface area contributed by atoms with Gasteiger partial charge >= 0.3 is 17.7 Å². The van der Waals surface area contributed by atoms with Crippen molar-refractivity contribution in [3.8, 4) is 11.5 Å². The van der Waals surface area contributed by atoms with Crippen LogP contribution >= 0.6 is 0 Å². The highest BCUT2D eigenvalue weighted by Gasteiger charge is 2.53. The maximum Gasteiger partial charge on any atom is 0.343 e. The predicted molar refractivity (Wildman–Crippen MR) is 243 cm³/mol. The van der Waals surface area contributed by atoms with E-state index < -0.39 is 106 Å². The van der Waals surface area contributed by atoms with Crippen molar-refractivity contribution in [2.75, 3.05) is 12.4 Å². The minimum atomic E-state index is -2.17. The number of carbonyl (C=O) groups excluding carboxylic acids is 6. The predicted octanol–water partition coefficient (Wildman–Crippen LogP) is 6.89. The van der Waals surface area contributed by atoms with Crippen LogP contribution in [0.15, 0.2) is 102 Å². The number of ketones is 3. The second kappa shape index (κ2) is 19.8. The number of aryl methyl sites for hydroxylation is 1. The quantitative estimate of drug-likeness (QED) is 0.147. The molecule has 1 aliphatic carbocycles. The van der Waals surface area contributed by atoms with Crippen LogP contribution in [0.4, 0.5) is 5.69 Å². The van der Waals surface area contributed by atoms with E-state index in [4.69, 9.17) is 23.7 Å². The Morgan fingerprint density at radius 1 is 0.818 bits per heavy atom. The summed E-state index contributed by atoms with van der Waals surface area (Å²) in [5.41, 5.74) is -0.606. The highest BCUT2D eigenvalue weighted by atomic mass is 16.7. The number of Topliss-reactive ketones (excluding diaryl/α,β-unsaturated/α-hetero) is 3. The van der Waals surface area contributed by atoms with Crippen molar-refractivity contribution < 1.29 is 62.7 Å². The summed E-state index contributed by atoms with van der Waals surface area (Å²) in [6.07, 6.45) is 3.22. The lowest BCUT2D eigenvalue weighted by molar-refractivity contribution is -0.160. The Hall–Kier alpha value is -6.68. The molecular formula is C51H56N2O13. The summed E-state index contributed by atoms with van der Waals surface area (Å²) in [4.78, 5) is 85.3. The third-order valence-electron chi connectivity index (χ3n) is 12.5. The molecule has 4 aliphatic rings. The van der Waals surface area contributed by atoms with Crippen molar-refractivity contribution in [2.45, 2.75) is 92.5 Å². The van der Waals surface area contributed by atoms with E-state index in [2.05, 4.69) is 10.6 Å². The smallest absolute Gasteiger partial charge is 0.343 e. The van der Waals surface area contributed by atoms with Crippen LogP contribution in [0.25, 0.3) is 0 Å². The lowest BCUT2D eigenvalue weighted by atomic mass is 9.78. The molecule has 66 heavy (non-hydrogen) atoms. The van der Waals surface area contributed by atoms with E-state index in [-0.39, 0.29) is 39.5 Å². The highest BCUT2D eigenvalue weighted by molar-refractivity contribution is 6.33. The number of esters is 2. The largest absolute Gasteiger partial charge is 0.462 e. The van der Waals surface area contributed by atoms with Crippen molar-refractivity contribution in [1.29, 1.82) is 0 Å². The van der Waals surface area contributed by atoms with Crippen LogP contribution in [0.3, 0.4) is 0 Å². The first-order valence-corrected chi connectivity index (χ1v) is 21.7. The van der Waals surface area contributed by atoms with Gasteiger partial charge in [0.15, 0.2) is 0 Å². The zero-order chi connectivity index (χ0) is 48.4. The van der Waals surface area contributed by atoms with E-state index in [1.54, 1.807) is 82.3 Å². The summed E-state index contributed by atoms with van der Waals surface area (Å²) < 4.78 is 29.9. The number of hydrogen-bond donors (Lipinski definition) is 4. The fraction of sp³-hybridized carbons (Fsp3) is 0.373. The number of ether oxygens (including phenoxy) is 5. The zero-order valence-corrected chi connectivity index (χ0v) is 38.6. The summed E-state index contributed by atoms with van der Waals surface area (Å²) >= 11 is 0. The van der Waals surface area contributed by atoms with E-state index in [1.807, 2.05) is 6.92 Å². The van der Waals surface area contributed by atoms with E-state index in [0.717, 1.165) is 11.8 Å². The molecule has 0 saturated heterocycles. The maximum atomic E-state index is 15.2. The second-order valence-electron chi connectivity index (χ2n) is 17.3. The lowest BCUT2D eigenvalue weighted by Crippen LogP contribution is -2.46. The molecule has 3 aromatic rings. The molecule has 0 aromatic heterocycles. The van der Waals surface area contributed by atoms with Gasteiger partial charge in [-0.25, -0.2) is 4.79 Å². The van der Waals surface area contributed by atoms with E-state index in [1.165, 1.54) is 59.1 Å². The average Bonchev–Trinajstić information content (AvgIpc) is 3.56. The Balaban J connectivity index is 1.56. The van der Waals surface area contributed by atoms with Gasteiger partial charge in [0.2, 0.25) is 11.6 Å². The minimum absolute atomic E-state index is 0.0110. The molecule has 3 heterocycles. The molecule has 3 aromatic carbocycles. The molecule has 0 radical (unpaired) electrons. The number of hydrogen-bond acceptors (Lipinski definition) is 14. The first-order chi connectivity index (χ1) is 31.2. The first-order valence-electron chi connectivity index (χ1n) is 21.7. The summed E-state index contributed by atoms with van der Waals surface area (Å²) in [5.74, 6) is -10.4. The van der Waals surface area contributed by atoms with E-state index >= 15 is 9.59 Å². The summed E-state index contributed by atoms with van der Waals surface area (Å²) in [5, 5.41) is 28.6. The number of amides is 1. The van der Waals surface area contributed by atoms with Crippen molar-refractivity contribution in [2.24, 2.45) is 23.7 Å². The number of methoxy groups -OCH3 is 1. The molecule has 4 N–H and O–H groups in total. The molecule has 3 aliphatic heterocycles. The summed E-state index contributed by atoms with van der Waals surface area (Å²) in [7, 11) is 1.42. The van der Waals surface area contributed by atoms with E-state index in [0.29, 0.717) is 5.69 Å². The number of fused-ring (bicyclic) bond motifs is 14. The van der Waals surface area contributed by atoms with Gasteiger partial charge in [-0.15, -0.1) is 0 Å². The third-order valence-corrected chi connectivity index (χ3v) is 12.5. The number of aliphatic hydroxyl groups is 2. The van der Waals surface area contributed by atoms with Gasteiger partial charge in [0.05, 0.1) is 46.8 Å². The summed E-state index contributed by atoms with van der Waals surface area (Å²) in [6.45, 7) is 14.2. The number of rotatable bonds is 6. The van der Waals surface area contributed by atoms with Crippen molar-refractivity contribution in [3.05, 3.63) is 136 Å². The number of benzene rings is 3. The first kappa shape index (κ1) is 48.8. The number of aliphatic hydroxyl groups excluding tert-OH is 2. The van der Waals surface area contributed by atoms with Crippen LogP contribution < -0.4 is 20.1 Å². The molecule has 348 valence electrons. The molecule has 15 nitrogen and oxygen atoms in total. The molecule has 5 bridgehead atoms. The van der Waals surface area contributed by atoms with Gasteiger partial charge in [-0.2, -0.15) is 0 Å². The average molecular weight is 905 g/mol. The fourth-order valence-corrected chi connectivity index (χ4v) is 8.43. The van der Waals surface area contributed by atoms with Crippen molar-refractivity contribution >= 4 is 40.9 Å². The van der Waals surface area contributed by atoms with Gasteiger partial charge in [-0.05, 0) is 51.1 Å². The molecular weight excluding hydrogens is 849 g/mol. The SMILES string of the molecule is CO[C@H]1/C=C\O[C@@]2(C)Oc3c(C)c(OC(=O)c4ccccc4)c4c(c3C2=O)C(=O)C(Nc2ccc(C)cc2)=C(NC(=O)/C(C)=C\C=C/[C@H](C)[C@H](O)[C@@H](C)[C@H](O)[C@H](C)[C@H](OC(C)=O)[C@@H]1C)C4=O. The number of anilines is 1. The van der Waals surface area contributed by atoms with E-state index in [9.17, 15) is 29.4 Å². The van der Waals surface area contributed by atoms with Gasteiger partial charge < -0.3 is 44.5 Å². The van der Waals surface area contributed by atoms with Crippen LogP contribution in [0.5, 0.6) is 11.5 Å². The third kappa shape index (κ3) is 9.64. The summed E-state index contributed by atoms with van der Waals surface area (Å²) in [6, 6.07) is 14.8. The molecule has 0 spiro atoms. The van der Waals surface area contributed by atoms with Crippen LogP contribution in [0, 0.1) is 37.5 Å². The van der Waals surface area contributed by atoms with Crippen LogP contribution in [-0.4, -0.2) is 82.7 Å². The Labute approximate surface area is 383 Å². The molecule has 0 saturated carbocycles. The zero-order valence-electron chi connectivity index (χ0n) is 38.6. The van der Waals surface area contributed by atoms with Crippen LogP contribution in [0.2, 0.25) is 0 Å². The van der Waals surface area contributed by atoms with Gasteiger partial charge in [-0.3, -0.25) is 24.0 Å². The molecule has 7 rings (SSSR count). The molecule has 0 unspecified atom stereocenters. The van der Waals surface area contributed by atoms with Crippen LogP contribution in [0.1, 0.15) is 101 Å². The molecule has 1 amide bonds. The van der Waals surface area contributed by atoms with Gasteiger partial charge in [-0.1, -0.05) is 81.8 Å². The van der Waals surface area contributed by atoms with Crippen LogP contribution in [-0.2, 0) is 23.8 Å². The van der Waals surface area contributed by atoms with Crippen molar-refractivity contribution in [3.63, 3.8) is 0 Å². The monoisotopic (exact) mass is 904 g/mol. The second-order valence-corrected chi connectivity index (χ2v) is 17.3. The van der Waals surface area contributed by atoms with Gasteiger partial charge in [0.1, 0.15) is 29.0 Å². The Kier molecular flexibility index (Phi) is 14.6. The highest BCUT2D eigenvalue weighted by Crippen LogP contribution is 2.49. The fourth-order valence-electron chi connectivity index (χ4n) is 8.43. The molecule has 9 atom stereocenters. The standard InChI is InChI=1S/C51H56N2O13/c1-25-19-21-34(22-20-25)52-39-40-44(58)37-36(43(39)57)38-47(31(7)46(37)65-50(61)33-17-12-11-13-18-33)66-51(9,48(38)59)63-24-23-35(62-10)28(4)45(64-32(8)54)30(6)42(56)29(5)41(55)26(2)15-14-16-27(3)49(60)53-40/h11-24,26,28-30,35,41-42,45,52,55-56H,1-10H3,(H,53,60)/b15-14-,24-23-,27-16-/t26-,28+,29+,30-,35-,41-,42-,45+,51-/m0/s1. The Morgan fingerprint density at radius 3 is 2.12 bits per heavy atom.